The fourth-order valence-corrected chi connectivity index (χ4v) is 5.84. The summed E-state index contributed by atoms with van der Waals surface area (Å²) < 4.78 is 6.36. The van der Waals surface area contributed by atoms with Gasteiger partial charge in [-0.2, -0.15) is 0 Å². The summed E-state index contributed by atoms with van der Waals surface area (Å²) in [7, 11) is 0. The van der Waals surface area contributed by atoms with E-state index in [1.165, 1.54) is 4.88 Å². The van der Waals surface area contributed by atoms with E-state index in [9.17, 15) is 9.59 Å². The van der Waals surface area contributed by atoms with Crippen LogP contribution in [0, 0.1) is 11.8 Å². The Balaban J connectivity index is 1.37. The first-order valence-corrected chi connectivity index (χ1v) is 10.3. The van der Waals surface area contributed by atoms with Gasteiger partial charge < -0.3 is 15.2 Å². The zero-order valence-corrected chi connectivity index (χ0v) is 15.9. The molecule has 7 heteroatoms. The second-order valence-corrected chi connectivity index (χ2v) is 8.91. The lowest BCUT2D eigenvalue weighted by molar-refractivity contribution is -0.137. The topological polar surface area (TPSA) is 78.9 Å². The molecule has 0 aromatic carbocycles. The van der Waals surface area contributed by atoms with Gasteiger partial charge in [0.2, 0.25) is 0 Å². The van der Waals surface area contributed by atoms with Crippen molar-refractivity contribution in [2.75, 3.05) is 26.2 Å². The second-order valence-electron chi connectivity index (χ2n) is 7.74. The molecule has 3 fully saturated rings. The monoisotopic (exact) mass is 378 g/mol. The number of likely N-dealkylation sites (tertiary alicyclic amines) is 1. The number of carbonyl (C=O) groups excluding carboxylic acids is 1. The minimum atomic E-state index is -0.754. The smallest absolute Gasteiger partial charge is 0.304 e. The maximum atomic E-state index is 12.5. The van der Waals surface area contributed by atoms with Crippen molar-refractivity contribution in [3.63, 3.8) is 0 Å². The number of carbonyl (C=O) groups is 2. The molecule has 2 bridgehead atoms. The molecule has 3 aliphatic heterocycles. The van der Waals surface area contributed by atoms with Gasteiger partial charge in [-0.3, -0.25) is 14.5 Å². The number of ether oxygens (including phenoxy) is 1. The summed E-state index contributed by atoms with van der Waals surface area (Å²) in [5.74, 6) is -0.0266. The van der Waals surface area contributed by atoms with Gasteiger partial charge in [-0.25, -0.2) is 0 Å². The van der Waals surface area contributed by atoms with Crippen molar-refractivity contribution < 1.29 is 19.4 Å². The number of aliphatic carboxylic acids is 1. The maximum Gasteiger partial charge on any atom is 0.304 e. The molecule has 2 N–H and O–H groups in total. The molecule has 26 heavy (non-hydrogen) atoms. The molecule has 1 aromatic rings. The molecular weight excluding hydrogens is 352 g/mol. The summed E-state index contributed by atoms with van der Waals surface area (Å²) in [6.45, 7) is 5.02. The largest absolute Gasteiger partial charge is 0.481 e. The minimum Gasteiger partial charge on any atom is -0.481 e. The van der Waals surface area contributed by atoms with Gasteiger partial charge in [-0.1, -0.05) is 6.92 Å². The molecule has 0 radical (unpaired) electrons. The molecule has 3 aliphatic rings. The van der Waals surface area contributed by atoms with Gasteiger partial charge in [-0.15, -0.1) is 11.3 Å². The van der Waals surface area contributed by atoms with Gasteiger partial charge in [0.25, 0.3) is 5.91 Å². The number of fused-ring (bicyclic) bond motifs is 1. The van der Waals surface area contributed by atoms with E-state index in [0.717, 1.165) is 37.2 Å². The van der Waals surface area contributed by atoms with Crippen molar-refractivity contribution in [1.82, 2.24) is 10.2 Å². The fourth-order valence-electron chi connectivity index (χ4n) is 4.97. The summed E-state index contributed by atoms with van der Waals surface area (Å²) in [4.78, 5) is 27.5. The van der Waals surface area contributed by atoms with E-state index >= 15 is 0 Å². The minimum absolute atomic E-state index is 0.00672. The van der Waals surface area contributed by atoms with Crippen LogP contribution in [-0.2, 0) is 16.0 Å². The Bertz CT molecular complexity index is 705. The third kappa shape index (κ3) is 3.17. The van der Waals surface area contributed by atoms with Crippen molar-refractivity contribution in [3.05, 3.63) is 21.9 Å². The number of carboxylic acid groups (broad SMARTS) is 1. The molecule has 4 heterocycles. The Morgan fingerprint density at radius 2 is 2.31 bits per heavy atom. The molecule has 3 saturated heterocycles. The average Bonchev–Trinajstić information content (AvgIpc) is 3.36. The van der Waals surface area contributed by atoms with Crippen LogP contribution >= 0.6 is 11.3 Å². The molecule has 4 atom stereocenters. The number of carboxylic acids is 1. The molecule has 0 aliphatic carbocycles. The number of hydrogen-bond acceptors (Lipinski definition) is 5. The predicted molar refractivity (Wildman–Crippen MR) is 98.5 cm³/mol. The number of nitrogens with zero attached hydrogens (tertiary/aromatic N) is 1. The maximum absolute atomic E-state index is 12.5. The van der Waals surface area contributed by atoms with Crippen molar-refractivity contribution in [2.24, 2.45) is 11.8 Å². The van der Waals surface area contributed by atoms with Gasteiger partial charge in [0.15, 0.2) is 0 Å². The lowest BCUT2D eigenvalue weighted by atomic mass is 9.73. The third-order valence-corrected chi connectivity index (χ3v) is 7.46. The second kappa shape index (κ2) is 6.94. The quantitative estimate of drug-likeness (QED) is 0.759. The van der Waals surface area contributed by atoms with Crippen LogP contribution in [0.4, 0.5) is 0 Å². The SMILES string of the molecule is CCc1ccc(C(=O)NC[C@H]2[C@H]3CN(CCC(=O)O)C[C@]34CC[C@H]2O4)s1. The number of aryl methyl sites for hydroxylation is 1. The zero-order chi connectivity index (χ0) is 18.3. The van der Waals surface area contributed by atoms with Gasteiger partial charge in [0.1, 0.15) is 0 Å². The van der Waals surface area contributed by atoms with Gasteiger partial charge in [-0.05, 0) is 31.4 Å². The van der Waals surface area contributed by atoms with Crippen LogP contribution in [-0.4, -0.2) is 59.8 Å². The Kier molecular flexibility index (Phi) is 4.79. The first-order valence-electron chi connectivity index (χ1n) is 9.49. The zero-order valence-electron chi connectivity index (χ0n) is 15.1. The fraction of sp³-hybridized carbons (Fsp3) is 0.684. The summed E-state index contributed by atoms with van der Waals surface area (Å²) in [6.07, 6.45) is 3.46. The van der Waals surface area contributed by atoms with Crippen LogP contribution in [0.5, 0.6) is 0 Å². The number of nitrogens with one attached hydrogen (secondary N) is 1. The molecule has 1 aromatic heterocycles. The van der Waals surface area contributed by atoms with Crippen LogP contribution in [0.15, 0.2) is 12.1 Å². The van der Waals surface area contributed by atoms with Gasteiger partial charge >= 0.3 is 5.97 Å². The van der Waals surface area contributed by atoms with Crippen LogP contribution in [0.25, 0.3) is 0 Å². The van der Waals surface area contributed by atoms with Gasteiger partial charge in [0, 0.05) is 42.9 Å². The van der Waals surface area contributed by atoms with Crippen molar-refractivity contribution in [3.8, 4) is 0 Å². The molecule has 0 unspecified atom stereocenters. The van der Waals surface area contributed by atoms with Crippen LogP contribution in [0.1, 0.15) is 40.7 Å². The summed E-state index contributed by atoms with van der Waals surface area (Å²) >= 11 is 1.56. The highest BCUT2D eigenvalue weighted by Gasteiger charge is 2.62. The van der Waals surface area contributed by atoms with Crippen LogP contribution in [0.2, 0.25) is 0 Å². The Morgan fingerprint density at radius 3 is 3.04 bits per heavy atom. The van der Waals surface area contributed by atoms with Crippen molar-refractivity contribution >= 4 is 23.2 Å². The van der Waals surface area contributed by atoms with E-state index in [0.29, 0.717) is 24.9 Å². The Hall–Kier alpha value is -1.44. The summed E-state index contributed by atoms with van der Waals surface area (Å²) in [5.41, 5.74) is -0.114. The van der Waals surface area contributed by atoms with E-state index in [-0.39, 0.29) is 24.0 Å². The number of thiophene rings is 1. The Labute approximate surface area is 157 Å². The number of rotatable bonds is 7. The standard InChI is InChI=1S/C19H26N2O4S/c1-2-12-3-4-16(26-12)18(24)20-9-13-14-10-21(8-6-17(22)23)11-19(14)7-5-15(13)25-19/h3-4,13-15H,2,5-11H2,1H3,(H,20,24)(H,22,23)/t13-,14+,15+,19+/m0/s1. The average molecular weight is 378 g/mol. The van der Waals surface area contributed by atoms with Crippen LogP contribution < -0.4 is 5.32 Å². The summed E-state index contributed by atoms with van der Waals surface area (Å²) in [5, 5.41) is 12.0. The molecule has 4 rings (SSSR count). The number of amides is 1. The first-order chi connectivity index (χ1) is 12.5. The normalized spacial score (nSPS) is 32.7. The predicted octanol–water partition coefficient (Wildman–Crippen LogP) is 1.99. The summed E-state index contributed by atoms with van der Waals surface area (Å²) in [6, 6.07) is 3.92. The molecule has 1 amide bonds. The first kappa shape index (κ1) is 17.9. The molecule has 142 valence electrons. The van der Waals surface area contributed by atoms with E-state index in [1.807, 2.05) is 12.1 Å². The highest BCUT2D eigenvalue weighted by Crippen LogP contribution is 2.54. The molecule has 6 nitrogen and oxygen atoms in total. The van der Waals surface area contributed by atoms with E-state index in [1.54, 1.807) is 11.3 Å². The lowest BCUT2D eigenvalue weighted by Crippen LogP contribution is -2.41. The van der Waals surface area contributed by atoms with Crippen molar-refractivity contribution in [1.29, 1.82) is 0 Å². The van der Waals surface area contributed by atoms with E-state index < -0.39 is 5.97 Å². The Morgan fingerprint density at radius 1 is 1.46 bits per heavy atom. The highest BCUT2D eigenvalue weighted by molar-refractivity contribution is 7.14. The van der Waals surface area contributed by atoms with E-state index in [4.69, 9.17) is 9.84 Å². The lowest BCUT2D eigenvalue weighted by Gasteiger charge is -2.29. The van der Waals surface area contributed by atoms with E-state index in [2.05, 4.69) is 17.1 Å². The molecule has 1 spiro atoms. The highest BCUT2D eigenvalue weighted by atomic mass is 32.1. The molecule has 0 saturated carbocycles. The third-order valence-electron chi connectivity index (χ3n) is 6.23. The van der Waals surface area contributed by atoms with Gasteiger partial charge in [0.05, 0.1) is 23.0 Å². The van der Waals surface area contributed by atoms with Crippen LogP contribution in [0.3, 0.4) is 0 Å². The number of hydrogen-bond donors (Lipinski definition) is 2. The molecular formula is C19H26N2O4S. The van der Waals surface area contributed by atoms with Crippen molar-refractivity contribution in [2.45, 2.75) is 44.3 Å².